The van der Waals surface area contributed by atoms with Gasteiger partial charge in [-0.3, -0.25) is 4.90 Å². The number of ether oxygens (including phenoxy) is 4. The summed E-state index contributed by atoms with van der Waals surface area (Å²) in [6, 6.07) is 20.2. The fourth-order valence-electron chi connectivity index (χ4n) is 4.45. The maximum absolute atomic E-state index is 10.8. The lowest BCUT2D eigenvalue weighted by molar-refractivity contribution is 0.167. The first kappa shape index (κ1) is 23.9. The summed E-state index contributed by atoms with van der Waals surface area (Å²) in [5.74, 6) is 2.79. The molecule has 0 saturated heterocycles. The van der Waals surface area contributed by atoms with Crippen LogP contribution in [0.4, 0.5) is 0 Å². The Bertz CT molecular complexity index is 1090. The summed E-state index contributed by atoms with van der Waals surface area (Å²) < 4.78 is 22.6. The third-order valence-corrected chi connectivity index (χ3v) is 6.26. The minimum atomic E-state index is -0.520. The summed E-state index contributed by atoms with van der Waals surface area (Å²) in [5.41, 5.74) is 4.24. The zero-order valence-electron chi connectivity index (χ0n) is 20.1. The van der Waals surface area contributed by atoms with Gasteiger partial charge in [0, 0.05) is 30.8 Å². The third-order valence-electron chi connectivity index (χ3n) is 6.26. The average Bonchev–Trinajstić information content (AvgIpc) is 3.08. The standard InChI is InChI=1S/C28H33NO5/c1-31-26-14-11-22(27(32-2)28(26)33-3)18-29-15-16-34-25-13-10-21(17-23(25)19-29)24(30)12-9-20-7-5-4-6-8-20/h4-8,10-11,13-14,17,24,30H,9,12,15-16,18-19H2,1-3H3. The molecule has 1 heterocycles. The van der Waals surface area contributed by atoms with Crippen LogP contribution in [0.15, 0.2) is 60.7 Å². The SMILES string of the molecule is COc1ccc(CN2CCOc3ccc(C(O)CCc4ccccc4)cc3C2)c(OC)c1OC. The number of nitrogens with zero attached hydrogens (tertiary/aromatic N) is 1. The molecule has 0 radical (unpaired) electrons. The van der Waals surface area contributed by atoms with Crippen molar-refractivity contribution in [2.24, 2.45) is 0 Å². The Morgan fingerprint density at radius 1 is 0.941 bits per heavy atom. The van der Waals surface area contributed by atoms with Crippen molar-refractivity contribution in [1.29, 1.82) is 0 Å². The van der Waals surface area contributed by atoms with Gasteiger partial charge in [-0.1, -0.05) is 42.5 Å². The summed E-state index contributed by atoms with van der Waals surface area (Å²) in [5, 5.41) is 10.8. The molecule has 1 aliphatic heterocycles. The number of aliphatic hydroxyl groups is 1. The van der Waals surface area contributed by atoms with E-state index in [9.17, 15) is 5.11 Å². The van der Waals surface area contributed by atoms with E-state index in [1.807, 2.05) is 42.5 Å². The molecule has 0 spiro atoms. The fraction of sp³-hybridized carbons (Fsp3) is 0.357. The Kier molecular flexibility index (Phi) is 7.93. The molecule has 0 aromatic heterocycles. The van der Waals surface area contributed by atoms with Gasteiger partial charge in [0.2, 0.25) is 5.75 Å². The van der Waals surface area contributed by atoms with Crippen LogP contribution < -0.4 is 18.9 Å². The van der Waals surface area contributed by atoms with Gasteiger partial charge in [-0.15, -0.1) is 0 Å². The molecule has 0 amide bonds. The third kappa shape index (κ3) is 5.46. The van der Waals surface area contributed by atoms with E-state index >= 15 is 0 Å². The van der Waals surface area contributed by atoms with Gasteiger partial charge in [-0.25, -0.2) is 0 Å². The van der Waals surface area contributed by atoms with Crippen molar-refractivity contribution >= 4 is 0 Å². The second-order valence-electron chi connectivity index (χ2n) is 8.46. The predicted molar refractivity (Wildman–Crippen MR) is 132 cm³/mol. The number of rotatable bonds is 9. The number of aryl methyl sites for hydroxylation is 1. The summed E-state index contributed by atoms with van der Waals surface area (Å²) in [6.45, 7) is 2.76. The largest absolute Gasteiger partial charge is 0.493 e. The summed E-state index contributed by atoms with van der Waals surface area (Å²) >= 11 is 0. The highest BCUT2D eigenvalue weighted by Gasteiger charge is 2.21. The molecule has 6 heteroatoms. The second-order valence-corrected chi connectivity index (χ2v) is 8.46. The maximum Gasteiger partial charge on any atom is 0.203 e. The van der Waals surface area contributed by atoms with Crippen LogP contribution in [0.3, 0.4) is 0 Å². The summed E-state index contributed by atoms with van der Waals surface area (Å²) in [4.78, 5) is 2.32. The first-order chi connectivity index (χ1) is 16.6. The van der Waals surface area contributed by atoms with E-state index in [0.29, 0.717) is 43.4 Å². The minimum Gasteiger partial charge on any atom is -0.493 e. The van der Waals surface area contributed by atoms with Crippen LogP contribution in [0.25, 0.3) is 0 Å². The van der Waals surface area contributed by atoms with E-state index in [-0.39, 0.29) is 0 Å². The Labute approximate surface area is 201 Å². The molecule has 3 aromatic rings. The van der Waals surface area contributed by atoms with Crippen molar-refractivity contribution in [3.8, 4) is 23.0 Å². The zero-order valence-corrected chi connectivity index (χ0v) is 20.1. The molecule has 1 N–H and O–H groups in total. The van der Waals surface area contributed by atoms with Gasteiger partial charge in [0.05, 0.1) is 27.4 Å². The molecule has 0 fully saturated rings. The topological polar surface area (TPSA) is 60.4 Å². The molecule has 4 rings (SSSR count). The van der Waals surface area contributed by atoms with Crippen molar-refractivity contribution < 1.29 is 24.1 Å². The van der Waals surface area contributed by atoms with E-state index < -0.39 is 6.10 Å². The van der Waals surface area contributed by atoms with Crippen molar-refractivity contribution in [2.45, 2.75) is 32.0 Å². The Morgan fingerprint density at radius 2 is 1.74 bits per heavy atom. The van der Waals surface area contributed by atoms with E-state index in [1.165, 1.54) is 5.56 Å². The quantitative estimate of drug-likeness (QED) is 0.493. The van der Waals surface area contributed by atoms with Crippen LogP contribution in [0.5, 0.6) is 23.0 Å². The Morgan fingerprint density at radius 3 is 2.47 bits per heavy atom. The molecular formula is C28H33NO5. The fourth-order valence-corrected chi connectivity index (χ4v) is 4.45. The van der Waals surface area contributed by atoms with Gasteiger partial charge in [-0.05, 0) is 42.2 Å². The second kappa shape index (κ2) is 11.3. The van der Waals surface area contributed by atoms with E-state index in [0.717, 1.165) is 35.4 Å². The molecule has 3 aromatic carbocycles. The van der Waals surface area contributed by atoms with Crippen LogP contribution in [0, 0.1) is 0 Å². The molecule has 6 nitrogen and oxygen atoms in total. The van der Waals surface area contributed by atoms with E-state index in [2.05, 4.69) is 23.1 Å². The lowest BCUT2D eigenvalue weighted by atomic mass is 9.99. The Hall–Kier alpha value is -3.22. The van der Waals surface area contributed by atoms with Gasteiger partial charge in [0.15, 0.2) is 11.5 Å². The average molecular weight is 464 g/mol. The van der Waals surface area contributed by atoms with Crippen LogP contribution in [-0.2, 0) is 19.5 Å². The number of hydrogen-bond donors (Lipinski definition) is 1. The highest BCUT2D eigenvalue weighted by Crippen LogP contribution is 2.40. The Balaban J connectivity index is 1.49. The van der Waals surface area contributed by atoms with Gasteiger partial charge in [0.25, 0.3) is 0 Å². The molecule has 0 bridgehead atoms. The van der Waals surface area contributed by atoms with Crippen molar-refractivity contribution in [1.82, 2.24) is 4.90 Å². The molecule has 0 saturated carbocycles. The lowest BCUT2D eigenvalue weighted by Crippen LogP contribution is -2.25. The van der Waals surface area contributed by atoms with Crippen molar-refractivity contribution in [3.63, 3.8) is 0 Å². The first-order valence-corrected chi connectivity index (χ1v) is 11.6. The van der Waals surface area contributed by atoms with Crippen LogP contribution in [0.2, 0.25) is 0 Å². The zero-order chi connectivity index (χ0) is 23.9. The summed E-state index contributed by atoms with van der Waals surface area (Å²) in [7, 11) is 4.88. The highest BCUT2D eigenvalue weighted by atomic mass is 16.5. The van der Waals surface area contributed by atoms with Gasteiger partial charge in [-0.2, -0.15) is 0 Å². The van der Waals surface area contributed by atoms with E-state index in [4.69, 9.17) is 18.9 Å². The van der Waals surface area contributed by atoms with Crippen molar-refractivity contribution in [2.75, 3.05) is 34.5 Å². The molecule has 180 valence electrons. The molecule has 1 atom stereocenters. The van der Waals surface area contributed by atoms with Gasteiger partial charge >= 0.3 is 0 Å². The predicted octanol–water partition coefficient (Wildman–Crippen LogP) is 4.77. The number of aliphatic hydroxyl groups excluding tert-OH is 1. The molecule has 0 aliphatic carbocycles. The highest BCUT2D eigenvalue weighted by molar-refractivity contribution is 5.55. The molecule has 34 heavy (non-hydrogen) atoms. The van der Waals surface area contributed by atoms with Gasteiger partial charge in [0.1, 0.15) is 12.4 Å². The maximum atomic E-state index is 10.8. The van der Waals surface area contributed by atoms with Crippen molar-refractivity contribution in [3.05, 3.63) is 82.9 Å². The molecule has 1 aliphatic rings. The minimum absolute atomic E-state index is 0.520. The molecule has 1 unspecified atom stereocenters. The number of hydrogen-bond acceptors (Lipinski definition) is 6. The van der Waals surface area contributed by atoms with Crippen LogP contribution >= 0.6 is 0 Å². The smallest absolute Gasteiger partial charge is 0.203 e. The lowest BCUT2D eigenvalue weighted by Gasteiger charge is -2.22. The first-order valence-electron chi connectivity index (χ1n) is 11.6. The summed E-state index contributed by atoms with van der Waals surface area (Å²) in [6.07, 6.45) is 0.991. The van der Waals surface area contributed by atoms with Crippen LogP contribution in [-0.4, -0.2) is 44.5 Å². The normalized spacial score (nSPS) is 14.5. The number of methoxy groups -OCH3 is 3. The monoisotopic (exact) mass is 463 g/mol. The number of fused-ring (bicyclic) bond motifs is 1. The van der Waals surface area contributed by atoms with Crippen LogP contribution in [0.1, 0.15) is 34.8 Å². The van der Waals surface area contributed by atoms with Gasteiger partial charge < -0.3 is 24.1 Å². The number of benzene rings is 3. The molecular weight excluding hydrogens is 430 g/mol. The van der Waals surface area contributed by atoms with E-state index in [1.54, 1.807) is 21.3 Å².